The fraction of sp³-hybridized carbons (Fsp3) is 0.435. The molecule has 1 aromatic heterocycles. The maximum atomic E-state index is 6.21. The van der Waals surface area contributed by atoms with Gasteiger partial charge in [0.15, 0.2) is 0 Å². The first-order valence-electron chi connectivity index (χ1n) is 10.0. The number of halogens is 1. The topological polar surface area (TPSA) is 17.8 Å². The predicted molar refractivity (Wildman–Crippen MR) is 113 cm³/mol. The van der Waals surface area contributed by atoms with Gasteiger partial charge in [-0.3, -0.25) is 0 Å². The van der Waals surface area contributed by atoms with Gasteiger partial charge in [0.25, 0.3) is 0 Å². The van der Waals surface area contributed by atoms with Crippen molar-refractivity contribution in [3.05, 3.63) is 53.6 Å². The van der Waals surface area contributed by atoms with E-state index >= 15 is 0 Å². The highest BCUT2D eigenvalue weighted by Gasteiger charge is 2.12. The van der Waals surface area contributed by atoms with Crippen LogP contribution in [0.4, 0.5) is 0 Å². The molecule has 0 spiro atoms. The Kier molecular flexibility index (Phi) is 7.13. The second-order valence-corrected chi connectivity index (χ2v) is 7.50. The number of para-hydroxylation sites is 2. The zero-order chi connectivity index (χ0) is 18.2. The van der Waals surface area contributed by atoms with E-state index in [9.17, 15) is 0 Å². The van der Waals surface area contributed by atoms with Crippen molar-refractivity contribution >= 4 is 22.6 Å². The average molecular weight is 369 g/mol. The van der Waals surface area contributed by atoms with E-state index in [1.54, 1.807) is 0 Å². The molecule has 0 saturated carbocycles. The third kappa shape index (κ3) is 4.88. The Hall–Kier alpha value is -1.80. The summed E-state index contributed by atoms with van der Waals surface area (Å²) < 4.78 is 2.36. The summed E-state index contributed by atoms with van der Waals surface area (Å²) in [5.74, 6) is 1.02. The van der Waals surface area contributed by atoms with E-state index in [1.165, 1.54) is 56.9 Å². The predicted octanol–water partition coefficient (Wildman–Crippen LogP) is 7.50. The maximum absolute atomic E-state index is 6.21. The molecule has 138 valence electrons. The van der Waals surface area contributed by atoms with Crippen molar-refractivity contribution in [2.45, 2.75) is 64.8 Å². The minimum Gasteiger partial charge on any atom is -0.324 e. The summed E-state index contributed by atoms with van der Waals surface area (Å²) >= 11 is 6.21. The summed E-state index contributed by atoms with van der Waals surface area (Å²) in [6, 6.07) is 16.4. The smallest absolute Gasteiger partial charge is 0.141 e. The van der Waals surface area contributed by atoms with Crippen LogP contribution in [0, 0.1) is 0 Å². The van der Waals surface area contributed by atoms with Crippen LogP contribution < -0.4 is 0 Å². The Morgan fingerprint density at radius 1 is 0.846 bits per heavy atom. The van der Waals surface area contributed by atoms with Gasteiger partial charge in [0, 0.05) is 17.1 Å². The maximum Gasteiger partial charge on any atom is 0.141 e. The zero-order valence-electron chi connectivity index (χ0n) is 15.8. The van der Waals surface area contributed by atoms with E-state index in [0.29, 0.717) is 0 Å². The van der Waals surface area contributed by atoms with Crippen LogP contribution in [-0.2, 0) is 6.54 Å². The Bertz CT molecular complexity index is 822. The van der Waals surface area contributed by atoms with E-state index in [0.717, 1.165) is 28.5 Å². The summed E-state index contributed by atoms with van der Waals surface area (Å²) in [4.78, 5) is 4.88. The molecule has 0 bridgehead atoms. The monoisotopic (exact) mass is 368 g/mol. The Morgan fingerprint density at radius 2 is 1.58 bits per heavy atom. The van der Waals surface area contributed by atoms with Gasteiger partial charge in [-0.1, -0.05) is 87.7 Å². The molecule has 26 heavy (non-hydrogen) atoms. The fourth-order valence-electron chi connectivity index (χ4n) is 3.55. The lowest BCUT2D eigenvalue weighted by atomic mass is 10.1. The lowest BCUT2D eigenvalue weighted by Gasteiger charge is -2.10. The molecule has 0 fully saturated rings. The van der Waals surface area contributed by atoms with Crippen LogP contribution in [0.5, 0.6) is 0 Å². The largest absolute Gasteiger partial charge is 0.324 e. The minimum absolute atomic E-state index is 0.758. The Labute approximate surface area is 162 Å². The van der Waals surface area contributed by atoms with Gasteiger partial charge < -0.3 is 4.57 Å². The Balaban J connectivity index is 1.68. The third-order valence-electron chi connectivity index (χ3n) is 4.97. The van der Waals surface area contributed by atoms with Crippen molar-refractivity contribution in [1.82, 2.24) is 9.55 Å². The number of aromatic nitrogens is 2. The first-order valence-corrected chi connectivity index (χ1v) is 10.4. The van der Waals surface area contributed by atoms with Crippen LogP contribution in [0.1, 0.15) is 58.3 Å². The number of benzene rings is 2. The highest BCUT2D eigenvalue weighted by Crippen LogP contribution is 2.27. The fourth-order valence-corrected chi connectivity index (χ4v) is 3.74. The molecule has 1 heterocycles. The molecule has 0 aliphatic rings. The molecule has 2 nitrogen and oxygen atoms in total. The summed E-state index contributed by atoms with van der Waals surface area (Å²) in [5, 5.41) is 0.758. The number of fused-ring (bicyclic) bond motifs is 1. The molecule has 0 unspecified atom stereocenters. The zero-order valence-corrected chi connectivity index (χ0v) is 16.5. The molecule has 3 rings (SSSR count). The molecule has 3 heteroatoms. The molecular formula is C23H29ClN2. The molecular weight excluding hydrogens is 340 g/mol. The molecule has 0 N–H and O–H groups in total. The summed E-state index contributed by atoms with van der Waals surface area (Å²) in [5.41, 5.74) is 3.36. The van der Waals surface area contributed by atoms with Gasteiger partial charge in [0.05, 0.1) is 11.0 Å². The summed E-state index contributed by atoms with van der Waals surface area (Å²) in [7, 11) is 0. The van der Waals surface area contributed by atoms with Gasteiger partial charge in [-0.15, -0.1) is 0 Å². The summed E-state index contributed by atoms with van der Waals surface area (Å²) in [6.45, 7) is 3.28. The molecule has 0 saturated heterocycles. The first-order chi connectivity index (χ1) is 12.8. The van der Waals surface area contributed by atoms with Crippen molar-refractivity contribution in [3.63, 3.8) is 0 Å². The van der Waals surface area contributed by atoms with E-state index < -0.39 is 0 Å². The van der Waals surface area contributed by atoms with Gasteiger partial charge in [0.2, 0.25) is 0 Å². The van der Waals surface area contributed by atoms with Crippen molar-refractivity contribution in [2.75, 3.05) is 0 Å². The first kappa shape index (κ1) is 19.0. The van der Waals surface area contributed by atoms with Crippen LogP contribution in [0.15, 0.2) is 48.5 Å². The summed E-state index contributed by atoms with van der Waals surface area (Å²) in [6.07, 6.45) is 10.7. The number of rotatable bonds is 10. The van der Waals surface area contributed by atoms with E-state index in [1.807, 2.05) is 18.2 Å². The average Bonchev–Trinajstić information content (AvgIpc) is 3.03. The Morgan fingerprint density at radius 3 is 2.35 bits per heavy atom. The van der Waals surface area contributed by atoms with Crippen molar-refractivity contribution < 1.29 is 0 Å². The van der Waals surface area contributed by atoms with Crippen LogP contribution in [0.3, 0.4) is 0 Å². The SMILES string of the molecule is CCCCCCCCCCn1c(-c2cccc(Cl)c2)nc2ccccc21. The second kappa shape index (κ2) is 9.78. The number of hydrogen-bond donors (Lipinski definition) is 0. The van der Waals surface area contributed by atoms with Gasteiger partial charge in [-0.05, 0) is 30.7 Å². The molecule has 0 aliphatic carbocycles. The van der Waals surface area contributed by atoms with Gasteiger partial charge in [0.1, 0.15) is 5.82 Å². The van der Waals surface area contributed by atoms with Crippen LogP contribution in [-0.4, -0.2) is 9.55 Å². The van der Waals surface area contributed by atoms with Crippen molar-refractivity contribution in [3.8, 4) is 11.4 Å². The number of hydrogen-bond acceptors (Lipinski definition) is 1. The highest BCUT2D eigenvalue weighted by atomic mass is 35.5. The third-order valence-corrected chi connectivity index (χ3v) is 5.21. The van der Waals surface area contributed by atoms with E-state index in [4.69, 9.17) is 16.6 Å². The van der Waals surface area contributed by atoms with E-state index in [-0.39, 0.29) is 0 Å². The highest BCUT2D eigenvalue weighted by molar-refractivity contribution is 6.30. The standard InChI is InChI=1S/C23H29ClN2/c1-2-3-4-5-6-7-8-11-17-26-22-16-10-9-15-21(22)25-23(26)19-13-12-14-20(24)18-19/h9-10,12-16,18H,2-8,11,17H2,1H3. The van der Waals surface area contributed by atoms with Crippen LogP contribution >= 0.6 is 11.6 Å². The van der Waals surface area contributed by atoms with Gasteiger partial charge in [-0.25, -0.2) is 4.98 Å². The normalized spacial score (nSPS) is 11.3. The second-order valence-electron chi connectivity index (χ2n) is 7.06. The van der Waals surface area contributed by atoms with Crippen LogP contribution in [0.25, 0.3) is 22.4 Å². The quantitative estimate of drug-likeness (QED) is 0.339. The lowest BCUT2D eigenvalue weighted by molar-refractivity contribution is 0.549. The van der Waals surface area contributed by atoms with Crippen molar-refractivity contribution in [1.29, 1.82) is 0 Å². The number of nitrogens with zero attached hydrogens (tertiary/aromatic N) is 2. The van der Waals surface area contributed by atoms with Crippen molar-refractivity contribution in [2.24, 2.45) is 0 Å². The molecule has 0 amide bonds. The lowest BCUT2D eigenvalue weighted by Crippen LogP contribution is -2.01. The molecule has 0 aliphatic heterocycles. The number of unbranched alkanes of at least 4 members (excludes halogenated alkanes) is 7. The van der Waals surface area contributed by atoms with E-state index in [2.05, 4.69) is 41.8 Å². The minimum atomic E-state index is 0.758. The molecule has 0 atom stereocenters. The number of aryl methyl sites for hydroxylation is 1. The molecule has 3 aromatic rings. The van der Waals surface area contributed by atoms with Gasteiger partial charge >= 0.3 is 0 Å². The molecule has 0 radical (unpaired) electrons. The number of imidazole rings is 1. The molecule has 2 aromatic carbocycles. The van der Waals surface area contributed by atoms with Gasteiger partial charge in [-0.2, -0.15) is 0 Å². The van der Waals surface area contributed by atoms with Crippen LogP contribution in [0.2, 0.25) is 5.02 Å².